The summed E-state index contributed by atoms with van der Waals surface area (Å²) in [6.07, 6.45) is 2.89. The van der Waals surface area contributed by atoms with Gasteiger partial charge in [-0.25, -0.2) is 0 Å². The molecule has 0 aromatic carbocycles. The summed E-state index contributed by atoms with van der Waals surface area (Å²) in [6, 6.07) is 6.86. The number of pyridine rings is 1. The molecule has 3 aromatic heterocycles. The smallest absolute Gasteiger partial charge is 0.435 e. The number of hydrogen-bond acceptors (Lipinski definition) is 4. The monoisotopic (exact) mass is 444 g/mol. The van der Waals surface area contributed by atoms with E-state index in [1.807, 2.05) is 6.07 Å². The zero-order chi connectivity index (χ0) is 22.3. The number of fused-ring (bicyclic) bond motifs is 1. The van der Waals surface area contributed by atoms with Crippen molar-refractivity contribution in [1.29, 1.82) is 0 Å². The van der Waals surface area contributed by atoms with Crippen LogP contribution in [-0.4, -0.2) is 32.1 Å². The molecular formula is C23H23F3N4O2. The Morgan fingerprint density at radius 1 is 1.19 bits per heavy atom. The summed E-state index contributed by atoms with van der Waals surface area (Å²) >= 11 is 0. The third-order valence-corrected chi connectivity index (χ3v) is 6.29. The Labute approximate surface area is 183 Å². The van der Waals surface area contributed by atoms with Crippen LogP contribution in [0.4, 0.5) is 13.2 Å². The van der Waals surface area contributed by atoms with Gasteiger partial charge >= 0.3 is 6.18 Å². The number of likely N-dealkylation sites (tertiary alicyclic amines) is 1. The van der Waals surface area contributed by atoms with Crippen LogP contribution in [0.3, 0.4) is 0 Å². The van der Waals surface area contributed by atoms with Gasteiger partial charge in [0.25, 0.3) is 5.91 Å². The lowest BCUT2D eigenvalue weighted by Crippen LogP contribution is -2.30. The Morgan fingerprint density at radius 2 is 2.03 bits per heavy atom. The van der Waals surface area contributed by atoms with E-state index in [1.165, 1.54) is 10.9 Å². The molecule has 0 spiro atoms. The maximum atomic E-state index is 13.5. The van der Waals surface area contributed by atoms with Crippen LogP contribution in [0.15, 0.2) is 41.1 Å². The van der Waals surface area contributed by atoms with E-state index in [2.05, 4.69) is 10.1 Å². The van der Waals surface area contributed by atoms with Crippen molar-refractivity contribution in [2.75, 3.05) is 6.54 Å². The number of hydrogen-bond donors (Lipinski definition) is 0. The van der Waals surface area contributed by atoms with Gasteiger partial charge in [0.1, 0.15) is 5.76 Å². The van der Waals surface area contributed by atoms with Crippen LogP contribution in [0.2, 0.25) is 0 Å². The van der Waals surface area contributed by atoms with Crippen LogP contribution in [0.1, 0.15) is 70.5 Å². The molecule has 6 nitrogen and oxygen atoms in total. The zero-order valence-electron chi connectivity index (χ0n) is 17.4. The molecule has 0 N–H and O–H groups in total. The van der Waals surface area contributed by atoms with Crippen molar-refractivity contribution >= 4 is 5.91 Å². The Hall–Kier alpha value is -3.10. The quantitative estimate of drug-likeness (QED) is 0.580. The first kappa shape index (κ1) is 20.8. The summed E-state index contributed by atoms with van der Waals surface area (Å²) < 4.78 is 47.3. The van der Waals surface area contributed by atoms with Gasteiger partial charge in [-0.1, -0.05) is 0 Å². The highest BCUT2D eigenvalue weighted by Gasteiger charge is 2.39. The van der Waals surface area contributed by atoms with Gasteiger partial charge in [0.05, 0.1) is 24.5 Å². The third kappa shape index (κ3) is 3.80. The van der Waals surface area contributed by atoms with Gasteiger partial charge in [-0.3, -0.25) is 14.5 Å². The zero-order valence-corrected chi connectivity index (χ0v) is 17.4. The fraction of sp³-hybridized carbons (Fsp3) is 0.435. The minimum atomic E-state index is -4.48. The average molecular weight is 444 g/mol. The van der Waals surface area contributed by atoms with E-state index in [9.17, 15) is 18.0 Å². The first-order chi connectivity index (χ1) is 15.4. The number of alkyl halides is 3. The van der Waals surface area contributed by atoms with Crippen molar-refractivity contribution in [2.24, 2.45) is 0 Å². The summed E-state index contributed by atoms with van der Waals surface area (Å²) in [5.74, 6) is 0.624. The average Bonchev–Trinajstić information content (AvgIpc) is 3.53. The highest BCUT2D eigenvalue weighted by molar-refractivity contribution is 5.94. The minimum Gasteiger partial charge on any atom is -0.467 e. The molecule has 4 heterocycles. The van der Waals surface area contributed by atoms with E-state index < -0.39 is 11.9 Å². The highest BCUT2D eigenvalue weighted by atomic mass is 19.4. The van der Waals surface area contributed by atoms with Crippen molar-refractivity contribution in [3.63, 3.8) is 0 Å². The molecule has 5 rings (SSSR count). The van der Waals surface area contributed by atoms with Crippen LogP contribution in [0.25, 0.3) is 0 Å². The lowest BCUT2D eigenvalue weighted by atomic mass is 9.95. The molecule has 2 aliphatic rings. The standard InChI is InChI=1S/C23H23F3N4O2/c24-23(25,26)21-17-5-1-2-6-18(17)30(28-21)14-16-13-15(9-10-27-16)22(31)29-11-3-7-19(29)20-8-4-12-32-20/h4,8-10,12-13,19H,1-3,5-7,11,14H2. The SMILES string of the molecule is O=C(c1ccnc(Cn2nc(C(F)(F)F)c3c2CCCC3)c1)N1CCCC1c1ccco1. The van der Waals surface area contributed by atoms with Crippen LogP contribution in [-0.2, 0) is 25.6 Å². The molecule has 9 heteroatoms. The van der Waals surface area contributed by atoms with Crippen molar-refractivity contribution < 1.29 is 22.4 Å². The molecule has 168 valence electrons. The first-order valence-electron chi connectivity index (χ1n) is 10.9. The van der Waals surface area contributed by atoms with Crippen LogP contribution < -0.4 is 0 Å². The molecule has 1 aliphatic carbocycles. The van der Waals surface area contributed by atoms with Gasteiger partial charge in [0, 0.05) is 29.6 Å². The van der Waals surface area contributed by atoms with Crippen LogP contribution in [0.5, 0.6) is 0 Å². The Kier molecular flexibility index (Phi) is 5.27. The predicted molar refractivity (Wildman–Crippen MR) is 109 cm³/mol. The Morgan fingerprint density at radius 3 is 2.81 bits per heavy atom. The van der Waals surface area contributed by atoms with E-state index in [0.717, 1.165) is 31.4 Å². The lowest BCUT2D eigenvalue weighted by Gasteiger charge is -2.23. The summed E-state index contributed by atoms with van der Waals surface area (Å²) in [4.78, 5) is 19.3. The molecule has 1 amide bonds. The van der Waals surface area contributed by atoms with Crippen LogP contribution >= 0.6 is 0 Å². The van der Waals surface area contributed by atoms with Crippen molar-refractivity contribution in [2.45, 2.75) is 57.3 Å². The van der Waals surface area contributed by atoms with E-state index in [4.69, 9.17) is 4.42 Å². The molecule has 3 aromatic rings. The number of amides is 1. The summed E-state index contributed by atoms with van der Waals surface area (Å²) in [5, 5.41) is 3.90. The topological polar surface area (TPSA) is 64.2 Å². The van der Waals surface area contributed by atoms with Gasteiger partial charge in [0.15, 0.2) is 5.69 Å². The maximum Gasteiger partial charge on any atom is 0.435 e. The second-order valence-electron chi connectivity index (χ2n) is 8.34. The fourth-order valence-corrected chi connectivity index (χ4v) is 4.83. The number of rotatable bonds is 4. The van der Waals surface area contributed by atoms with Gasteiger partial charge in [-0.2, -0.15) is 18.3 Å². The molecule has 1 saturated heterocycles. The van der Waals surface area contributed by atoms with Gasteiger partial charge in [-0.05, 0) is 62.8 Å². The number of furan rings is 1. The molecule has 1 fully saturated rings. The molecule has 0 radical (unpaired) electrons. The van der Waals surface area contributed by atoms with Gasteiger partial charge in [0.2, 0.25) is 0 Å². The summed E-state index contributed by atoms with van der Waals surface area (Å²) in [5.41, 5.74) is 1.10. The van der Waals surface area contributed by atoms with Crippen LogP contribution in [0, 0.1) is 0 Å². The molecule has 1 unspecified atom stereocenters. The molecule has 32 heavy (non-hydrogen) atoms. The van der Waals surface area contributed by atoms with Crippen molar-refractivity contribution in [3.05, 3.63) is 70.7 Å². The van der Waals surface area contributed by atoms with E-state index in [0.29, 0.717) is 41.9 Å². The third-order valence-electron chi connectivity index (χ3n) is 6.29. The molecular weight excluding hydrogens is 421 g/mol. The maximum absolute atomic E-state index is 13.5. The largest absolute Gasteiger partial charge is 0.467 e. The second-order valence-corrected chi connectivity index (χ2v) is 8.34. The molecule has 0 saturated carbocycles. The number of carbonyl (C=O) groups excluding carboxylic acids is 1. The summed E-state index contributed by atoms with van der Waals surface area (Å²) in [7, 11) is 0. The first-order valence-corrected chi connectivity index (χ1v) is 10.9. The molecule has 1 atom stereocenters. The predicted octanol–water partition coefficient (Wildman–Crippen LogP) is 4.79. The van der Waals surface area contributed by atoms with Gasteiger partial charge < -0.3 is 9.32 Å². The Bertz CT molecular complexity index is 1120. The van der Waals surface area contributed by atoms with E-state index in [-0.39, 0.29) is 18.5 Å². The molecule has 0 bridgehead atoms. The van der Waals surface area contributed by atoms with E-state index in [1.54, 1.807) is 29.4 Å². The van der Waals surface area contributed by atoms with E-state index >= 15 is 0 Å². The van der Waals surface area contributed by atoms with Gasteiger partial charge in [-0.15, -0.1) is 0 Å². The Balaban J connectivity index is 1.41. The highest BCUT2D eigenvalue weighted by Crippen LogP contribution is 2.36. The number of carbonyl (C=O) groups is 1. The number of nitrogens with zero attached hydrogens (tertiary/aromatic N) is 4. The second kappa shape index (κ2) is 8.11. The molecule has 1 aliphatic heterocycles. The number of halogens is 3. The number of aromatic nitrogens is 3. The minimum absolute atomic E-state index is 0.0984. The lowest BCUT2D eigenvalue weighted by molar-refractivity contribution is -0.142. The fourth-order valence-electron chi connectivity index (χ4n) is 4.83. The normalized spacial score (nSPS) is 18.7. The van der Waals surface area contributed by atoms with Crippen molar-refractivity contribution in [1.82, 2.24) is 19.7 Å². The summed E-state index contributed by atoms with van der Waals surface area (Å²) in [6.45, 7) is 0.727. The van der Waals surface area contributed by atoms with Crippen molar-refractivity contribution in [3.8, 4) is 0 Å².